The number of nitrogens with one attached hydrogen (secondary N) is 1. The number of aromatic nitrogens is 2. The van der Waals surface area contributed by atoms with Crippen LogP contribution in [0.3, 0.4) is 0 Å². The van der Waals surface area contributed by atoms with Gasteiger partial charge in [-0.1, -0.05) is 53.5 Å². The molecule has 0 bridgehead atoms. The molecule has 2 aromatic heterocycles. The molecule has 2 aromatic carbocycles. The van der Waals surface area contributed by atoms with E-state index < -0.39 is 5.54 Å². The molecule has 4 nitrogen and oxygen atoms in total. The van der Waals surface area contributed by atoms with Gasteiger partial charge in [0.05, 0.1) is 23.5 Å². The largest absolute Gasteiger partial charge is 0.373 e. The molecule has 34 heavy (non-hydrogen) atoms. The molecular formula is C28H28BrClN4. The first kappa shape index (κ1) is 24.2. The number of benzene rings is 2. The van der Waals surface area contributed by atoms with E-state index in [1.54, 1.807) is 0 Å². The quantitative estimate of drug-likeness (QED) is 0.234. The molecule has 0 aliphatic carbocycles. The third kappa shape index (κ3) is 5.11. The lowest BCUT2D eigenvalue weighted by atomic mass is 9.78. The molecule has 2 unspecified atom stereocenters. The van der Waals surface area contributed by atoms with Crippen molar-refractivity contribution in [1.82, 2.24) is 9.97 Å². The fourth-order valence-electron chi connectivity index (χ4n) is 4.68. The van der Waals surface area contributed by atoms with Gasteiger partial charge in [0, 0.05) is 39.5 Å². The maximum atomic E-state index is 6.37. The van der Waals surface area contributed by atoms with Crippen LogP contribution in [0.15, 0.2) is 102 Å². The first-order valence-corrected chi connectivity index (χ1v) is 12.6. The van der Waals surface area contributed by atoms with Crippen molar-refractivity contribution in [1.29, 1.82) is 0 Å². The molecular weight excluding hydrogens is 508 g/mol. The van der Waals surface area contributed by atoms with Crippen molar-refractivity contribution in [3.63, 3.8) is 0 Å². The Morgan fingerprint density at radius 3 is 2.24 bits per heavy atom. The molecule has 6 heteroatoms. The summed E-state index contributed by atoms with van der Waals surface area (Å²) in [7, 11) is 0. The van der Waals surface area contributed by atoms with Crippen LogP contribution in [-0.2, 0) is 5.54 Å². The molecule has 2 atom stereocenters. The van der Waals surface area contributed by atoms with Gasteiger partial charge in [0.25, 0.3) is 0 Å². The first-order valence-electron chi connectivity index (χ1n) is 11.5. The van der Waals surface area contributed by atoms with E-state index in [0.29, 0.717) is 5.02 Å². The molecule has 2 heterocycles. The molecule has 4 rings (SSSR count). The summed E-state index contributed by atoms with van der Waals surface area (Å²) < 4.78 is 1.04. The van der Waals surface area contributed by atoms with Crippen molar-refractivity contribution in [2.24, 2.45) is 0 Å². The molecule has 0 aliphatic rings. The second kappa shape index (κ2) is 11.0. The average molecular weight is 536 g/mol. The van der Waals surface area contributed by atoms with Crippen LogP contribution in [0.2, 0.25) is 5.02 Å². The third-order valence-electron chi connectivity index (χ3n) is 6.22. The summed E-state index contributed by atoms with van der Waals surface area (Å²) >= 11 is 9.95. The van der Waals surface area contributed by atoms with Gasteiger partial charge in [-0.15, -0.1) is 0 Å². The van der Waals surface area contributed by atoms with Gasteiger partial charge in [0.2, 0.25) is 0 Å². The third-order valence-corrected chi connectivity index (χ3v) is 6.99. The van der Waals surface area contributed by atoms with Crippen LogP contribution in [0.4, 0.5) is 17.1 Å². The van der Waals surface area contributed by atoms with Gasteiger partial charge in [0.15, 0.2) is 0 Å². The zero-order valence-electron chi connectivity index (χ0n) is 19.3. The van der Waals surface area contributed by atoms with Crippen LogP contribution in [0, 0.1) is 0 Å². The molecule has 0 fully saturated rings. The van der Waals surface area contributed by atoms with E-state index in [1.165, 1.54) is 0 Å². The van der Waals surface area contributed by atoms with Gasteiger partial charge in [0.1, 0.15) is 0 Å². The Labute approximate surface area is 215 Å². The molecule has 1 N–H and O–H groups in total. The molecule has 0 spiro atoms. The van der Waals surface area contributed by atoms with Gasteiger partial charge >= 0.3 is 0 Å². The summed E-state index contributed by atoms with van der Waals surface area (Å²) in [6, 6.07) is 24.6. The topological polar surface area (TPSA) is 41.1 Å². The van der Waals surface area contributed by atoms with E-state index in [2.05, 4.69) is 92.4 Å². The van der Waals surface area contributed by atoms with E-state index in [9.17, 15) is 0 Å². The maximum absolute atomic E-state index is 6.37. The predicted molar refractivity (Wildman–Crippen MR) is 146 cm³/mol. The minimum absolute atomic E-state index is 0.0334. The SMILES string of the molecule is CCC(N(c1ccc(Br)cc1)c1cccnc1)C(CC)(Nc1cccc(Cl)c1)c1cccnc1. The minimum Gasteiger partial charge on any atom is -0.373 e. The second-order valence-electron chi connectivity index (χ2n) is 8.18. The summed E-state index contributed by atoms with van der Waals surface area (Å²) in [6.07, 6.45) is 9.22. The van der Waals surface area contributed by atoms with Crippen LogP contribution >= 0.6 is 27.5 Å². The summed E-state index contributed by atoms with van der Waals surface area (Å²) in [5.41, 5.74) is 3.76. The Bertz CT molecular complexity index is 1190. The van der Waals surface area contributed by atoms with Crippen molar-refractivity contribution in [3.8, 4) is 0 Å². The zero-order valence-corrected chi connectivity index (χ0v) is 21.7. The Balaban J connectivity index is 1.93. The van der Waals surface area contributed by atoms with Crippen molar-refractivity contribution >= 4 is 44.6 Å². The predicted octanol–water partition coefficient (Wildman–Crippen LogP) is 8.23. The Kier molecular flexibility index (Phi) is 7.86. The van der Waals surface area contributed by atoms with Gasteiger partial charge in [-0.25, -0.2) is 0 Å². The number of nitrogens with zero attached hydrogens (tertiary/aromatic N) is 3. The molecule has 0 saturated heterocycles. The highest BCUT2D eigenvalue weighted by molar-refractivity contribution is 9.10. The van der Waals surface area contributed by atoms with Crippen LogP contribution < -0.4 is 10.2 Å². The number of halogens is 2. The molecule has 4 aromatic rings. The van der Waals surface area contributed by atoms with Crippen molar-refractivity contribution in [2.45, 2.75) is 38.3 Å². The lowest BCUT2D eigenvalue weighted by molar-refractivity contribution is 0.361. The van der Waals surface area contributed by atoms with E-state index in [4.69, 9.17) is 11.6 Å². The summed E-state index contributed by atoms with van der Waals surface area (Å²) in [5.74, 6) is 0. The van der Waals surface area contributed by atoms with Crippen molar-refractivity contribution < 1.29 is 0 Å². The molecule has 0 saturated carbocycles. The number of hydrogen-bond donors (Lipinski definition) is 1. The maximum Gasteiger partial charge on any atom is 0.0845 e. The highest BCUT2D eigenvalue weighted by atomic mass is 79.9. The Hall–Kier alpha value is -2.89. The Morgan fingerprint density at radius 2 is 1.65 bits per heavy atom. The summed E-state index contributed by atoms with van der Waals surface area (Å²) in [6.45, 7) is 4.45. The average Bonchev–Trinajstić information content (AvgIpc) is 2.88. The summed E-state index contributed by atoms with van der Waals surface area (Å²) in [4.78, 5) is 11.3. The van der Waals surface area contributed by atoms with E-state index in [-0.39, 0.29) is 6.04 Å². The molecule has 174 valence electrons. The number of rotatable bonds is 9. The van der Waals surface area contributed by atoms with Crippen molar-refractivity contribution in [2.75, 3.05) is 10.2 Å². The number of hydrogen-bond acceptors (Lipinski definition) is 4. The molecule has 0 radical (unpaired) electrons. The lowest BCUT2D eigenvalue weighted by Gasteiger charge is -2.48. The lowest BCUT2D eigenvalue weighted by Crippen LogP contribution is -2.53. The van der Waals surface area contributed by atoms with E-state index in [0.717, 1.165) is 39.9 Å². The highest BCUT2D eigenvalue weighted by Gasteiger charge is 2.42. The fraction of sp³-hybridized carbons (Fsp3) is 0.214. The highest BCUT2D eigenvalue weighted by Crippen LogP contribution is 2.42. The van der Waals surface area contributed by atoms with E-state index in [1.807, 2.05) is 55.1 Å². The first-order chi connectivity index (χ1) is 16.6. The van der Waals surface area contributed by atoms with Crippen LogP contribution in [-0.4, -0.2) is 16.0 Å². The monoisotopic (exact) mass is 534 g/mol. The standard InChI is InChI=1S/C28H28BrClN4/c1-3-27(34(26-11-7-17-32-20-26)25-14-12-22(29)13-15-25)28(4-2,21-8-6-16-31-19-21)33-24-10-5-9-23(30)18-24/h5-20,27,33H,3-4H2,1-2H3. The smallest absolute Gasteiger partial charge is 0.0845 e. The van der Waals surface area contributed by atoms with Gasteiger partial charge < -0.3 is 10.2 Å². The second-order valence-corrected chi connectivity index (χ2v) is 9.54. The fourth-order valence-corrected chi connectivity index (χ4v) is 5.14. The van der Waals surface area contributed by atoms with Gasteiger partial charge in [-0.3, -0.25) is 9.97 Å². The normalized spacial score (nSPS) is 13.6. The Morgan fingerprint density at radius 1 is 0.912 bits per heavy atom. The van der Waals surface area contributed by atoms with Crippen LogP contribution in [0.5, 0.6) is 0 Å². The molecule has 0 aliphatic heterocycles. The molecule has 0 amide bonds. The van der Waals surface area contributed by atoms with Gasteiger partial charge in [-0.05, 0) is 79.1 Å². The summed E-state index contributed by atoms with van der Waals surface area (Å²) in [5, 5.41) is 4.59. The number of pyridine rings is 2. The zero-order chi connectivity index (χ0) is 24.0. The van der Waals surface area contributed by atoms with Crippen LogP contribution in [0.25, 0.3) is 0 Å². The number of anilines is 3. The van der Waals surface area contributed by atoms with Crippen molar-refractivity contribution in [3.05, 3.63) is 113 Å². The minimum atomic E-state index is -0.462. The van der Waals surface area contributed by atoms with Crippen LogP contribution in [0.1, 0.15) is 32.3 Å². The van der Waals surface area contributed by atoms with Gasteiger partial charge in [-0.2, -0.15) is 0 Å². The van der Waals surface area contributed by atoms with E-state index >= 15 is 0 Å².